The molecule has 5 nitrogen and oxygen atoms in total. The lowest BCUT2D eigenvalue weighted by Gasteiger charge is -2.38. The minimum atomic E-state index is -5.82. The van der Waals surface area contributed by atoms with E-state index in [0.29, 0.717) is 6.42 Å². The van der Waals surface area contributed by atoms with Crippen molar-refractivity contribution in [3.63, 3.8) is 0 Å². The predicted octanol–water partition coefficient (Wildman–Crippen LogP) is 6.20. The summed E-state index contributed by atoms with van der Waals surface area (Å²) in [6.07, 6.45) is -4.30. The number of carbonyl (C=O) groups is 2. The van der Waals surface area contributed by atoms with Crippen LogP contribution in [-0.2, 0) is 14.3 Å². The van der Waals surface area contributed by atoms with Crippen molar-refractivity contribution in [2.75, 3.05) is 13.2 Å². The molecule has 0 amide bonds. The van der Waals surface area contributed by atoms with Crippen LogP contribution in [0.25, 0.3) is 0 Å². The van der Waals surface area contributed by atoms with Crippen LogP contribution in [0.5, 0.6) is 11.5 Å². The van der Waals surface area contributed by atoms with Gasteiger partial charge < -0.3 is 14.2 Å². The molecule has 0 aliphatic carbocycles. The molecule has 0 aliphatic rings. The third-order valence-corrected chi connectivity index (χ3v) is 5.76. The second-order valence-corrected chi connectivity index (χ2v) is 9.28. The average molecular weight is 482 g/mol. The smallest absolute Gasteiger partial charge is 0.456 e. The molecule has 0 fully saturated rings. The molecule has 1 unspecified atom stereocenters. The number of esters is 2. The summed E-state index contributed by atoms with van der Waals surface area (Å²) >= 11 is 0. The molecule has 0 spiro atoms. The third-order valence-electron chi connectivity index (χ3n) is 5.76. The molecule has 1 rings (SSSR count). The van der Waals surface area contributed by atoms with Gasteiger partial charge in [0.05, 0.1) is 5.41 Å². The Labute approximate surface area is 190 Å². The monoisotopic (exact) mass is 482 g/mol. The molecule has 0 bridgehead atoms. The lowest BCUT2D eigenvalue weighted by molar-refractivity contribution is -0.294. The van der Waals surface area contributed by atoms with Gasteiger partial charge in [0.25, 0.3) is 0 Å². The molecule has 0 saturated carbocycles. The molecule has 1 aromatic rings. The van der Waals surface area contributed by atoms with E-state index in [1.807, 2.05) is 20.8 Å². The molecule has 0 heterocycles. The SMILES string of the molecule is CCC(C)(C)CC(C)(C(=O)Oc1ccc(OCC(=O)OCC(F)(F)C(F)(F)F)cc1)C(C)C. The Morgan fingerprint density at radius 2 is 1.45 bits per heavy atom. The van der Waals surface area contributed by atoms with Crippen LogP contribution in [0.4, 0.5) is 22.0 Å². The van der Waals surface area contributed by atoms with E-state index in [2.05, 4.69) is 25.5 Å². The Bertz CT molecular complexity index is 802. The number of hydrogen-bond donors (Lipinski definition) is 0. The summed E-state index contributed by atoms with van der Waals surface area (Å²) in [5.41, 5.74) is -0.786. The fraction of sp³-hybridized carbons (Fsp3) is 0.652. The van der Waals surface area contributed by atoms with Crippen LogP contribution < -0.4 is 9.47 Å². The number of hydrogen-bond acceptors (Lipinski definition) is 5. The van der Waals surface area contributed by atoms with Crippen LogP contribution in [-0.4, -0.2) is 37.3 Å². The molecule has 188 valence electrons. The molecule has 10 heteroatoms. The van der Waals surface area contributed by atoms with E-state index in [1.54, 1.807) is 0 Å². The number of benzene rings is 1. The second-order valence-electron chi connectivity index (χ2n) is 9.28. The lowest BCUT2D eigenvalue weighted by Crippen LogP contribution is -2.41. The first-order chi connectivity index (χ1) is 14.9. The Morgan fingerprint density at radius 1 is 0.939 bits per heavy atom. The fourth-order valence-electron chi connectivity index (χ4n) is 2.90. The zero-order valence-electron chi connectivity index (χ0n) is 19.6. The fourth-order valence-corrected chi connectivity index (χ4v) is 2.90. The first kappa shape index (κ1) is 28.6. The van der Waals surface area contributed by atoms with Crippen LogP contribution in [0.2, 0.25) is 0 Å². The standard InChI is InChI=1S/C23H31F5O5/c1-7-20(4,5)13-21(6,15(2)3)19(30)33-17-10-8-16(9-11-17)31-12-18(29)32-14-22(24,25)23(26,27)28/h8-11,15H,7,12-14H2,1-6H3. The van der Waals surface area contributed by atoms with E-state index in [1.165, 1.54) is 24.3 Å². The van der Waals surface area contributed by atoms with Crippen LogP contribution in [0.3, 0.4) is 0 Å². The molecule has 0 saturated heterocycles. The summed E-state index contributed by atoms with van der Waals surface area (Å²) in [7, 11) is 0. The molecule has 1 aromatic carbocycles. The molecule has 33 heavy (non-hydrogen) atoms. The van der Waals surface area contributed by atoms with Crippen molar-refractivity contribution in [3.05, 3.63) is 24.3 Å². The minimum absolute atomic E-state index is 0.0224. The number of rotatable bonds is 11. The van der Waals surface area contributed by atoms with E-state index >= 15 is 0 Å². The normalized spacial score (nSPS) is 14.5. The number of alkyl halides is 5. The first-order valence-electron chi connectivity index (χ1n) is 10.5. The van der Waals surface area contributed by atoms with Gasteiger partial charge in [-0.25, -0.2) is 4.79 Å². The van der Waals surface area contributed by atoms with Crippen LogP contribution in [0, 0.1) is 16.7 Å². The number of ether oxygens (including phenoxy) is 3. The number of carbonyl (C=O) groups excluding carboxylic acids is 2. The molecular weight excluding hydrogens is 451 g/mol. The van der Waals surface area contributed by atoms with Gasteiger partial charge in [0.15, 0.2) is 13.2 Å². The van der Waals surface area contributed by atoms with Crippen molar-refractivity contribution in [2.45, 2.75) is 66.5 Å². The second kappa shape index (κ2) is 10.7. The van der Waals surface area contributed by atoms with Gasteiger partial charge in [-0.1, -0.05) is 41.0 Å². The van der Waals surface area contributed by atoms with Crippen LogP contribution in [0.1, 0.15) is 54.4 Å². The first-order valence-corrected chi connectivity index (χ1v) is 10.5. The Hall–Kier alpha value is -2.39. The molecular formula is C23H31F5O5. The summed E-state index contributed by atoms with van der Waals surface area (Å²) in [6.45, 7) is 9.00. The molecule has 0 radical (unpaired) electrons. The van der Waals surface area contributed by atoms with Crippen LogP contribution >= 0.6 is 0 Å². The molecule has 0 aliphatic heterocycles. The van der Waals surface area contributed by atoms with Crippen molar-refractivity contribution in [1.82, 2.24) is 0 Å². The quantitative estimate of drug-likeness (QED) is 0.214. The van der Waals surface area contributed by atoms with Gasteiger partial charge in [0.1, 0.15) is 11.5 Å². The van der Waals surface area contributed by atoms with E-state index in [9.17, 15) is 31.5 Å². The maximum atomic E-state index is 12.9. The largest absolute Gasteiger partial charge is 0.482 e. The molecule has 0 N–H and O–H groups in total. The predicted molar refractivity (Wildman–Crippen MR) is 111 cm³/mol. The minimum Gasteiger partial charge on any atom is -0.482 e. The highest BCUT2D eigenvalue weighted by Gasteiger charge is 2.58. The van der Waals surface area contributed by atoms with Crippen molar-refractivity contribution < 1.29 is 45.8 Å². The summed E-state index contributed by atoms with van der Waals surface area (Å²) in [5.74, 6) is -6.56. The summed E-state index contributed by atoms with van der Waals surface area (Å²) in [6, 6.07) is 5.57. The Morgan fingerprint density at radius 3 is 1.91 bits per heavy atom. The maximum absolute atomic E-state index is 12.9. The van der Waals surface area contributed by atoms with E-state index in [4.69, 9.17) is 9.47 Å². The van der Waals surface area contributed by atoms with Gasteiger partial charge in [-0.2, -0.15) is 22.0 Å². The average Bonchev–Trinajstić information content (AvgIpc) is 2.70. The topological polar surface area (TPSA) is 61.8 Å². The highest BCUT2D eigenvalue weighted by molar-refractivity contribution is 5.79. The van der Waals surface area contributed by atoms with Gasteiger partial charge in [-0.3, -0.25) is 4.79 Å². The summed E-state index contributed by atoms with van der Waals surface area (Å²) < 4.78 is 76.2. The van der Waals surface area contributed by atoms with Gasteiger partial charge >= 0.3 is 24.0 Å². The van der Waals surface area contributed by atoms with Crippen molar-refractivity contribution in [3.8, 4) is 11.5 Å². The molecule has 1 atom stereocenters. The van der Waals surface area contributed by atoms with E-state index < -0.39 is 36.7 Å². The zero-order chi connectivity index (χ0) is 25.7. The summed E-state index contributed by atoms with van der Waals surface area (Å²) in [5, 5.41) is 0. The van der Waals surface area contributed by atoms with Crippen molar-refractivity contribution >= 4 is 11.9 Å². The van der Waals surface area contributed by atoms with Gasteiger partial charge in [-0.15, -0.1) is 0 Å². The lowest BCUT2D eigenvalue weighted by atomic mass is 9.67. The number of halogens is 5. The van der Waals surface area contributed by atoms with Crippen molar-refractivity contribution in [1.29, 1.82) is 0 Å². The third kappa shape index (κ3) is 8.16. The van der Waals surface area contributed by atoms with E-state index in [0.717, 1.165) is 6.42 Å². The van der Waals surface area contributed by atoms with Crippen molar-refractivity contribution in [2.24, 2.45) is 16.7 Å². The van der Waals surface area contributed by atoms with E-state index in [-0.39, 0.29) is 28.8 Å². The van der Waals surface area contributed by atoms with Gasteiger partial charge in [-0.05, 0) is 48.9 Å². The zero-order valence-corrected chi connectivity index (χ0v) is 19.6. The summed E-state index contributed by atoms with van der Waals surface area (Å²) in [4.78, 5) is 24.3. The van der Waals surface area contributed by atoms with Crippen LogP contribution in [0.15, 0.2) is 24.3 Å². The Kier molecular flexibility index (Phi) is 9.28. The maximum Gasteiger partial charge on any atom is 0.456 e. The highest BCUT2D eigenvalue weighted by atomic mass is 19.4. The Balaban J connectivity index is 2.69. The highest BCUT2D eigenvalue weighted by Crippen LogP contribution is 2.42. The van der Waals surface area contributed by atoms with Gasteiger partial charge in [0.2, 0.25) is 0 Å². The van der Waals surface area contributed by atoms with Gasteiger partial charge in [0, 0.05) is 0 Å². The molecule has 0 aromatic heterocycles.